The van der Waals surface area contributed by atoms with Crippen molar-refractivity contribution in [2.45, 2.75) is 251 Å². The fraction of sp³-hybridized carbons (Fsp3) is 0.657. The Hall–Kier alpha value is -3.85. The Morgan fingerprint density at radius 2 is 0.713 bits per heavy atom. The highest BCUT2D eigenvalue weighted by Gasteiger charge is 2.22. The molecule has 0 aliphatic heterocycles. The third-order valence-electron chi connectivity index (χ3n) is 13.2. The SMILES string of the molecule is CC/C=C\C/C=C\C/C=C\C/C=C\C/C=C\C/C=C\C/C=C\C/C=C\CCCCCCCCC(=O)OC(COC(=O)CCCCCCCCCCCC/C=C\C/C=C\C/C=C\CCCCCCC)COP(=O)([O-])OCC[N+](C)(C)C. The Kier molecular flexibility index (Phi) is 56.9. The standard InChI is InChI=1S/C70H118NO8P/c1-6-8-10-12-14-16-18-20-22-24-26-28-30-32-33-34-35-36-37-39-41-43-45-47-49-51-53-55-57-59-61-63-70(73)79-68(67-78-80(74,75)77-65-64-71(3,4)5)66-76-69(72)62-60-58-56-54-52-50-48-46-44-42-40-38-31-29-27-25-23-21-19-17-15-13-11-9-7-2/h8,10,14,16,19-22,25-28,31-33,35-36,38-39,41,45,47,68H,6-7,9,11-13,15,17-18,23-24,29-30,34,37,40,42-44,46,48-67H2,1-5H3/b10-8-,16-14-,21-19-,22-20-,27-25-,28-26-,33-32-,36-35-,38-31-,41-39-,47-45-. The van der Waals surface area contributed by atoms with Gasteiger partial charge >= 0.3 is 11.9 Å². The monoisotopic (exact) mass is 1130 g/mol. The van der Waals surface area contributed by atoms with Crippen LogP contribution in [0.3, 0.4) is 0 Å². The molecule has 2 unspecified atom stereocenters. The molecule has 2 atom stereocenters. The number of phosphoric acid groups is 1. The van der Waals surface area contributed by atoms with Crippen LogP contribution >= 0.6 is 7.82 Å². The van der Waals surface area contributed by atoms with Crippen LogP contribution in [0.15, 0.2) is 134 Å². The van der Waals surface area contributed by atoms with E-state index in [4.69, 9.17) is 18.5 Å². The molecule has 9 nitrogen and oxygen atoms in total. The summed E-state index contributed by atoms with van der Waals surface area (Å²) >= 11 is 0. The molecule has 0 saturated heterocycles. The van der Waals surface area contributed by atoms with Crippen LogP contribution < -0.4 is 4.89 Å². The van der Waals surface area contributed by atoms with E-state index < -0.39 is 32.5 Å². The molecule has 0 aromatic carbocycles. The van der Waals surface area contributed by atoms with Crippen molar-refractivity contribution >= 4 is 19.8 Å². The van der Waals surface area contributed by atoms with Gasteiger partial charge in [0.15, 0.2) is 6.10 Å². The zero-order valence-corrected chi connectivity index (χ0v) is 52.6. The molecule has 0 aromatic rings. The number of phosphoric ester groups is 1. The summed E-state index contributed by atoms with van der Waals surface area (Å²) in [7, 11) is 1.14. The molecule has 0 bridgehead atoms. The third kappa shape index (κ3) is 63.3. The van der Waals surface area contributed by atoms with E-state index >= 15 is 0 Å². The summed E-state index contributed by atoms with van der Waals surface area (Å²) in [6, 6.07) is 0. The predicted octanol–water partition coefficient (Wildman–Crippen LogP) is 19.9. The van der Waals surface area contributed by atoms with Crippen molar-refractivity contribution in [2.24, 2.45) is 0 Å². The Balaban J connectivity index is 4.22. The summed E-state index contributed by atoms with van der Waals surface area (Å²) < 4.78 is 34.2. The fourth-order valence-corrected chi connectivity index (χ4v) is 9.00. The van der Waals surface area contributed by atoms with Gasteiger partial charge in [-0.05, 0) is 116 Å². The molecule has 0 spiro atoms. The first-order valence-electron chi connectivity index (χ1n) is 31.9. The zero-order chi connectivity index (χ0) is 58.4. The van der Waals surface area contributed by atoms with E-state index in [0.717, 1.165) is 135 Å². The van der Waals surface area contributed by atoms with Gasteiger partial charge < -0.3 is 27.9 Å². The first kappa shape index (κ1) is 76.1. The van der Waals surface area contributed by atoms with Crippen LogP contribution in [0, 0.1) is 0 Å². The second-order valence-electron chi connectivity index (χ2n) is 22.0. The minimum absolute atomic E-state index is 0.0420. The quantitative estimate of drug-likeness (QED) is 0.0195. The molecule has 80 heavy (non-hydrogen) atoms. The fourth-order valence-electron chi connectivity index (χ4n) is 8.27. The van der Waals surface area contributed by atoms with Crippen molar-refractivity contribution in [1.82, 2.24) is 0 Å². The van der Waals surface area contributed by atoms with Crippen LogP contribution in [0.25, 0.3) is 0 Å². The molecule has 0 aliphatic rings. The minimum Gasteiger partial charge on any atom is -0.756 e. The summed E-state index contributed by atoms with van der Waals surface area (Å²) in [5.41, 5.74) is 0. The van der Waals surface area contributed by atoms with Crippen LogP contribution in [-0.2, 0) is 32.7 Å². The van der Waals surface area contributed by atoms with Crippen LogP contribution in [-0.4, -0.2) is 70.0 Å². The molecule has 10 heteroatoms. The molecule has 0 heterocycles. The number of rotatable bonds is 57. The second-order valence-corrected chi connectivity index (χ2v) is 23.4. The van der Waals surface area contributed by atoms with Gasteiger partial charge in [0.25, 0.3) is 7.82 Å². The van der Waals surface area contributed by atoms with Crippen LogP contribution in [0.1, 0.15) is 245 Å². The molecule has 0 aliphatic carbocycles. The number of likely N-dealkylation sites (N-methyl/N-ethyl adjacent to an activating group) is 1. The lowest BCUT2D eigenvalue weighted by Crippen LogP contribution is -2.37. The van der Waals surface area contributed by atoms with Gasteiger partial charge in [-0.1, -0.05) is 250 Å². The maximum absolute atomic E-state index is 12.8. The number of esters is 2. The topological polar surface area (TPSA) is 111 Å². The smallest absolute Gasteiger partial charge is 0.306 e. The predicted molar refractivity (Wildman–Crippen MR) is 341 cm³/mol. The highest BCUT2D eigenvalue weighted by Crippen LogP contribution is 2.38. The van der Waals surface area contributed by atoms with Gasteiger partial charge in [0, 0.05) is 12.8 Å². The van der Waals surface area contributed by atoms with E-state index in [9.17, 15) is 19.0 Å². The van der Waals surface area contributed by atoms with Crippen LogP contribution in [0.4, 0.5) is 0 Å². The van der Waals surface area contributed by atoms with Gasteiger partial charge in [0.05, 0.1) is 27.7 Å². The zero-order valence-electron chi connectivity index (χ0n) is 51.7. The summed E-state index contributed by atoms with van der Waals surface area (Å²) in [6.45, 7) is 4.09. The van der Waals surface area contributed by atoms with Gasteiger partial charge in [0.2, 0.25) is 0 Å². The molecule has 0 saturated carbocycles. The largest absolute Gasteiger partial charge is 0.756 e. The number of quaternary nitrogens is 1. The number of ether oxygens (including phenoxy) is 2. The van der Waals surface area contributed by atoms with Crippen molar-refractivity contribution < 1.29 is 42.1 Å². The van der Waals surface area contributed by atoms with E-state index in [1.165, 1.54) is 77.0 Å². The lowest BCUT2D eigenvalue weighted by molar-refractivity contribution is -0.870. The number of carbonyl (C=O) groups is 2. The number of nitrogens with zero attached hydrogens (tertiary/aromatic N) is 1. The molecule has 456 valence electrons. The maximum atomic E-state index is 12.8. The van der Waals surface area contributed by atoms with Crippen molar-refractivity contribution in [3.63, 3.8) is 0 Å². The molecular weight excluding hydrogens is 1010 g/mol. The average Bonchev–Trinajstić information content (AvgIpc) is 3.42. The molecule has 0 fully saturated rings. The molecule has 0 N–H and O–H groups in total. The molecular formula is C70H118NO8P. The molecule has 0 rings (SSSR count). The second kappa shape index (κ2) is 59.8. The first-order valence-corrected chi connectivity index (χ1v) is 33.4. The van der Waals surface area contributed by atoms with Crippen molar-refractivity contribution in [2.75, 3.05) is 47.5 Å². The highest BCUT2D eigenvalue weighted by atomic mass is 31.2. The first-order chi connectivity index (χ1) is 39.0. The number of hydrogen-bond donors (Lipinski definition) is 0. The number of allylic oxidation sites excluding steroid dienone is 22. The third-order valence-corrected chi connectivity index (χ3v) is 14.1. The van der Waals surface area contributed by atoms with E-state index in [1.54, 1.807) is 0 Å². The number of carbonyl (C=O) groups excluding carboxylic acids is 2. The van der Waals surface area contributed by atoms with Crippen LogP contribution in [0.2, 0.25) is 0 Å². The summed E-state index contributed by atoms with van der Waals surface area (Å²) in [6.07, 6.45) is 86.4. The van der Waals surface area contributed by atoms with Crippen molar-refractivity contribution in [1.29, 1.82) is 0 Å². The van der Waals surface area contributed by atoms with Gasteiger partial charge in [0.1, 0.15) is 19.8 Å². The number of hydrogen-bond acceptors (Lipinski definition) is 8. The molecule has 0 amide bonds. The highest BCUT2D eigenvalue weighted by molar-refractivity contribution is 7.45. The summed E-state index contributed by atoms with van der Waals surface area (Å²) in [5, 5.41) is 0. The van der Waals surface area contributed by atoms with Crippen molar-refractivity contribution in [3.05, 3.63) is 134 Å². The van der Waals surface area contributed by atoms with E-state index in [2.05, 4.69) is 148 Å². The Morgan fingerprint density at radius 1 is 0.400 bits per heavy atom. The van der Waals surface area contributed by atoms with Gasteiger partial charge in [-0.2, -0.15) is 0 Å². The summed E-state index contributed by atoms with van der Waals surface area (Å²) in [5.74, 6) is -0.861. The normalized spacial score (nSPS) is 14.1. The maximum Gasteiger partial charge on any atom is 0.306 e. The van der Waals surface area contributed by atoms with Gasteiger partial charge in [-0.25, -0.2) is 0 Å². The van der Waals surface area contributed by atoms with E-state index in [-0.39, 0.29) is 26.1 Å². The van der Waals surface area contributed by atoms with Gasteiger partial charge in [-0.15, -0.1) is 0 Å². The average molecular weight is 1130 g/mol. The molecule has 0 radical (unpaired) electrons. The summed E-state index contributed by atoms with van der Waals surface area (Å²) in [4.78, 5) is 38.0. The van der Waals surface area contributed by atoms with Crippen LogP contribution in [0.5, 0.6) is 0 Å². The Bertz CT molecular complexity index is 1810. The van der Waals surface area contributed by atoms with Crippen molar-refractivity contribution in [3.8, 4) is 0 Å². The Labute approximate surface area is 491 Å². The van der Waals surface area contributed by atoms with E-state index in [0.29, 0.717) is 17.4 Å². The lowest BCUT2D eigenvalue weighted by atomic mass is 10.1. The van der Waals surface area contributed by atoms with E-state index in [1.807, 2.05) is 21.1 Å². The Morgan fingerprint density at radius 3 is 1.06 bits per heavy atom. The van der Waals surface area contributed by atoms with Gasteiger partial charge in [-0.3, -0.25) is 14.2 Å². The number of unbranched alkanes of at least 4 members (excludes halogenated alkanes) is 21. The molecule has 0 aromatic heterocycles. The lowest BCUT2D eigenvalue weighted by Gasteiger charge is -2.28. The minimum atomic E-state index is -4.65.